The maximum Gasteiger partial charge on any atom is 0.326 e. The summed E-state index contributed by atoms with van der Waals surface area (Å²) in [5, 5.41) is 19.1. The molecule has 0 aliphatic carbocycles. The van der Waals surface area contributed by atoms with Gasteiger partial charge in [0.25, 0.3) is 0 Å². The van der Waals surface area contributed by atoms with E-state index in [4.69, 9.17) is 15.9 Å². The van der Waals surface area contributed by atoms with E-state index >= 15 is 0 Å². The van der Waals surface area contributed by atoms with Crippen molar-refractivity contribution in [2.24, 2.45) is 5.73 Å². The second-order valence-electron chi connectivity index (χ2n) is 2.95. The molecule has 7 heteroatoms. The molecule has 86 valence electrons. The summed E-state index contributed by atoms with van der Waals surface area (Å²) in [6.45, 7) is 0.324. The summed E-state index contributed by atoms with van der Waals surface area (Å²) in [6, 6.07) is -1.38. The van der Waals surface area contributed by atoms with Gasteiger partial charge in [-0.1, -0.05) is 0 Å². The van der Waals surface area contributed by atoms with E-state index in [-0.39, 0.29) is 6.42 Å². The number of carboxylic acids is 2. The van der Waals surface area contributed by atoms with Crippen LogP contribution in [0.5, 0.6) is 0 Å². The van der Waals surface area contributed by atoms with Gasteiger partial charge in [-0.3, -0.25) is 9.59 Å². The number of nitrogens with one attached hydrogen (secondary N) is 1. The van der Waals surface area contributed by atoms with Gasteiger partial charge in [-0.25, -0.2) is 4.79 Å². The summed E-state index contributed by atoms with van der Waals surface area (Å²) < 4.78 is 0. The summed E-state index contributed by atoms with van der Waals surface area (Å²) in [5.74, 6) is -3.14. The molecule has 5 N–H and O–H groups in total. The number of hydrogen-bond donors (Lipinski definition) is 4. The number of carbonyl (C=O) groups excluding carboxylic acids is 1. The van der Waals surface area contributed by atoms with Gasteiger partial charge in [-0.2, -0.15) is 0 Å². The number of carboxylic acid groups (broad SMARTS) is 2. The van der Waals surface area contributed by atoms with E-state index in [9.17, 15) is 14.4 Å². The van der Waals surface area contributed by atoms with Crippen LogP contribution in [0.4, 0.5) is 0 Å². The molecule has 0 saturated heterocycles. The van der Waals surface area contributed by atoms with Crippen molar-refractivity contribution in [3.8, 4) is 0 Å². The smallest absolute Gasteiger partial charge is 0.326 e. The molecule has 0 fully saturated rings. The van der Waals surface area contributed by atoms with Crippen LogP contribution in [0.15, 0.2) is 0 Å². The highest BCUT2D eigenvalue weighted by atomic mass is 16.4. The Morgan fingerprint density at radius 2 is 1.87 bits per heavy atom. The first-order chi connectivity index (χ1) is 6.97. The summed E-state index contributed by atoms with van der Waals surface area (Å²) in [4.78, 5) is 31.9. The van der Waals surface area contributed by atoms with Crippen molar-refractivity contribution < 1.29 is 24.6 Å². The van der Waals surface area contributed by atoms with E-state index in [0.717, 1.165) is 0 Å². The molecular formula is C8H14N2O5. The van der Waals surface area contributed by atoms with Gasteiger partial charge in [0, 0.05) is 6.42 Å². The molecule has 0 aliphatic heterocycles. The van der Waals surface area contributed by atoms with Gasteiger partial charge in [-0.05, 0) is 13.0 Å². The van der Waals surface area contributed by atoms with E-state index in [1.165, 1.54) is 0 Å². The van der Waals surface area contributed by atoms with Crippen LogP contribution in [0.1, 0.15) is 19.3 Å². The molecule has 0 aromatic heterocycles. The number of carbonyl (C=O) groups is 3. The minimum atomic E-state index is -1.38. The van der Waals surface area contributed by atoms with Gasteiger partial charge < -0.3 is 21.3 Å². The molecule has 0 saturated carbocycles. The van der Waals surface area contributed by atoms with E-state index in [2.05, 4.69) is 5.32 Å². The first-order valence-electron chi connectivity index (χ1n) is 4.41. The summed E-state index contributed by atoms with van der Waals surface area (Å²) >= 11 is 0. The Balaban J connectivity index is 4.10. The first kappa shape index (κ1) is 13.4. The molecule has 0 aromatic rings. The van der Waals surface area contributed by atoms with Gasteiger partial charge in [0.1, 0.15) is 6.04 Å². The van der Waals surface area contributed by atoms with Gasteiger partial charge in [0.05, 0.1) is 6.42 Å². The van der Waals surface area contributed by atoms with E-state index in [0.29, 0.717) is 13.0 Å². The third-order valence-corrected chi connectivity index (χ3v) is 1.62. The predicted molar refractivity (Wildman–Crippen MR) is 50.1 cm³/mol. The molecule has 0 spiro atoms. The van der Waals surface area contributed by atoms with Crippen molar-refractivity contribution >= 4 is 17.8 Å². The predicted octanol–water partition coefficient (Wildman–Crippen LogP) is -1.23. The fourth-order valence-electron chi connectivity index (χ4n) is 0.904. The average molecular weight is 218 g/mol. The number of aliphatic carboxylic acids is 2. The Morgan fingerprint density at radius 1 is 1.27 bits per heavy atom. The Kier molecular flexibility index (Phi) is 6.03. The van der Waals surface area contributed by atoms with Crippen LogP contribution in [0.25, 0.3) is 0 Å². The fraction of sp³-hybridized carbons (Fsp3) is 0.625. The van der Waals surface area contributed by atoms with E-state index < -0.39 is 30.3 Å². The quantitative estimate of drug-likeness (QED) is 0.423. The number of hydrogen-bond acceptors (Lipinski definition) is 4. The summed E-state index contributed by atoms with van der Waals surface area (Å²) in [6.07, 6.45) is -0.102. The summed E-state index contributed by atoms with van der Waals surface area (Å²) in [5.41, 5.74) is 5.16. The maximum atomic E-state index is 11.1. The molecule has 7 nitrogen and oxygen atoms in total. The van der Waals surface area contributed by atoms with Gasteiger partial charge in [0.2, 0.25) is 5.91 Å². The highest BCUT2D eigenvalue weighted by molar-refractivity contribution is 5.86. The van der Waals surface area contributed by atoms with Crippen LogP contribution >= 0.6 is 0 Å². The Labute approximate surface area is 86.3 Å². The highest BCUT2D eigenvalue weighted by Gasteiger charge is 2.22. The number of nitrogens with two attached hydrogens (primary N) is 1. The number of rotatable bonds is 7. The standard InChI is InChI=1S/C8H14N2O5/c9-3-1-2-6(11)10-5(8(14)15)4-7(12)13/h5H,1-4,9H2,(H,10,11)(H,12,13)(H,14,15). The lowest BCUT2D eigenvalue weighted by Crippen LogP contribution is -2.42. The Bertz CT molecular complexity index is 253. The van der Waals surface area contributed by atoms with Crippen molar-refractivity contribution in [3.63, 3.8) is 0 Å². The minimum Gasteiger partial charge on any atom is -0.481 e. The molecule has 1 atom stereocenters. The maximum absolute atomic E-state index is 11.1. The monoisotopic (exact) mass is 218 g/mol. The normalized spacial score (nSPS) is 11.8. The Hall–Kier alpha value is -1.63. The molecule has 0 rings (SSSR count). The lowest BCUT2D eigenvalue weighted by atomic mass is 10.2. The third kappa shape index (κ3) is 6.44. The summed E-state index contributed by atoms with van der Waals surface area (Å²) in [7, 11) is 0. The van der Waals surface area contributed by atoms with Crippen LogP contribution in [-0.2, 0) is 14.4 Å². The fourth-order valence-corrected chi connectivity index (χ4v) is 0.904. The van der Waals surface area contributed by atoms with Gasteiger partial charge in [0.15, 0.2) is 0 Å². The zero-order valence-corrected chi connectivity index (χ0v) is 8.10. The van der Waals surface area contributed by atoms with Crippen LogP contribution < -0.4 is 11.1 Å². The second-order valence-corrected chi connectivity index (χ2v) is 2.95. The van der Waals surface area contributed by atoms with Crippen LogP contribution in [0.3, 0.4) is 0 Å². The largest absolute Gasteiger partial charge is 0.481 e. The minimum absolute atomic E-state index is 0.0971. The zero-order valence-electron chi connectivity index (χ0n) is 8.10. The van der Waals surface area contributed by atoms with Crippen molar-refractivity contribution in [3.05, 3.63) is 0 Å². The molecule has 0 aromatic carbocycles. The molecule has 15 heavy (non-hydrogen) atoms. The van der Waals surface area contributed by atoms with Gasteiger partial charge in [-0.15, -0.1) is 0 Å². The lowest BCUT2D eigenvalue weighted by molar-refractivity contribution is -0.147. The molecular weight excluding hydrogens is 204 g/mol. The zero-order chi connectivity index (χ0) is 11.8. The van der Waals surface area contributed by atoms with Crippen molar-refractivity contribution in [2.75, 3.05) is 6.54 Å². The molecule has 0 heterocycles. The second kappa shape index (κ2) is 6.77. The topological polar surface area (TPSA) is 130 Å². The van der Waals surface area contributed by atoms with Crippen molar-refractivity contribution in [2.45, 2.75) is 25.3 Å². The molecule has 0 aliphatic rings. The number of amides is 1. The average Bonchev–Trinajstić information content (AvgIpc) is 2.12. The Morgan fingerprint density at radius 3 is 2.27 bits per heavy atom. The van der Waals surface area contributed by atoms with Crippen LogP contribution in [-0.4, -0.2) is 40.6 Å². The molecule has 0 radical (unpaired) electrons. The molecule has 1 unspecified atom stereocenters. The third-order valence-electron chi connectivity index (χ3n) is 1.62. The van der Waals surface area contributed by atoms with Crippen LogP contribution in [0, 0.1) is 0 Å². The highest BCUT2D eigenvalue weighted by Crippen LogP contribution is 1.95. The van der Waals surface area contributed by atoms with Crippen molar-refractivity contribution in [1.82, 2.24) is 5.32 Å². The van der Waals surface area contributed by atoms with E-state index in [1.54, 1.807) is 0 Å². The first-order valence-corrected chi connectivity index (χ1v) is 4.41. The SMILES string of the molecule is NCCCC(=O)NC(CC(=O)O)C(=O)O. The lowest BCUT2D eigenvalue weighted by Gasteiger charge is -2.11. The van der Waals surface area contributed by atoms with Gasteiger partial charge >= 0.3 is 11.9 Å². The van der Waals surface area contributed by atoms with Crippen molar-refractivity contribution in [1.29, 1.82) is 0 Å². The van der Waals surface area contributed by atoms with Crippen LogP contribution in [0.2, 0.25) is 0 Å². The molecule has 0 bridgehead atoms. The van der Waals surface area contributed by atoms with E-state index in [1.807, 2.05) is 0 Å². The molecule has 1 amide bonds.